The standard InChI is InChI=1S/C7H7NO2.C7H13N/c9-7(10)5-6-3-1-2-4-8-6;1-3-7-4-2-6-8(7)5-1/h1-4H,5H2,(H,9,10);7H,1-6H2. The van der Waals surface area contributed by atoms with E-state index in [9.17, 15) is 4.79 Å². The molecule has 2 saturated heterocycles. The molecule has 0 aliphatic carbocycles. The molecule has 0 unspecified atom stereocenters. The minimum atomic E-state index is -0.848. The van der Waals surface area contributed by atoms with Crippen LogP contribution in [0.5, 0.6) is 0 Å². The Morgan fingerprint density at radius 2 is 2.06 bits per heavy atom. The van der Waals surface area contributed by atoms with Gasteiger partial charge in [-0.25, -0.2) is 0 Å². The summed E-state index contributed by atoms with van der Waals surface area (Å²) in [6.07, 6.45) is 7.48. The molecule has 2 fully saturated rings. The quantitative estimate of drug-likeness (QED) is 0.869. The van der Waals surface area contributed by atoms with Crippen LogP contribution in [0.4, 0.5) is 0 Å². The Morgan fingerprint density at radius 1 is 1.33 bits per heavy atom. The van der Waals surface area contributed by atoms with Crippen LogP contribution in [-0.2, 0) is 11.2 Å². The smallest absolute Gasteiger partial charge is 0.309 e. The number of carboxylic acid groups (broad SMARTS) is 1. The first kappa shape index (κ1) is 13.0. The van der Waals surface area contributed by atoms with E-state index in [0.29, 0.717) is 5.69 Å². The molecule has 0 bridgehead atoms. The minimum Gasteiger partial charge on any atom is -0.481 e. The van der Waals surface area contributed by atoms with Crippen LogP contribution in [0.2, 0.25) is 0 Å². The van der Waals surface area contributed by atoms with Crippen molar-refractivity contribution < 1.29 is 9.90 Å². The second kappa shape index (κ2) is 6.50. The van der Waals surface area contributed by atoms with Crippen LogP contribution in [0, 0.1) is 0 Å². The number of nitrogens with zero attached hydrogens (tertiary/aromatic N) is 2. The van der Waals surface area contributed by atoms with Crippen LogP contribution < -0.4 is 0 Å². The third-order valence-corrected chi connectivity index (χ3v) is 3.54. The molecule has 3 rings (SSSR count). The van der Waals surface area contributed by atoms with Crippen molar-refractivity contribution in [3.8, 4) is 0 Å². The average Bonchev–Trinajstić information content (AvgIpc) is 2.92. The van der Waals surface area contributed by atoms with Gasteiger partial charge in [-0.1, -0.05) is 6.07 Å². The van der Waals surface area contributed by atoms with Crippen molar-refractivity contribution in [1.29, 1.82) is 0 Å². The van der Waals surface area contributed by atoms with Crippen LogP contribution >= 0.6 is 0 Å². The van der Waals surface area contributed by atoms with E-state index in [0.717, 1.165) is 6.04 Å². The Labute approximate surface area is 108 Å². The van der Waals surface area contributed by atoms with Gasteiger partial charge in [-0.15, -0.1) is 0 Å². The molecule has 2 aliphatic heterocycles. The molecule has 4 heteroatoms. The number of fused-ring (bicyclic) bond motifs is 1. The highest BCUT2D eigenvalue weighted by Gasteiger charge is 2.27. The number of rotatable bonds is 2. The molecule has 1 N–H and O–H groups in total. The fraction of sp³-hybridized carbons (Fsp3) is 0.571. The summed E-state index contributed by atoms with van der Waals surface area (Å²) in [5.74, 6) is -0.848. The Morgan fingerprint density at radius 3 is 2.56 bits per heavy atom. The molecule has 2 aliphatic rings. The van der Waals surface area contributed by atoms with Gasteiger partial charge in [0.2, 0.25) is 0 Å². The fourth-order valence-electron chi connectivity index (χ4n) is 2.70. The summed E-state index contributed by atoms with van der Waals surface area (Å²) < 4.78 is 0. The summed E-state index contributed by atoms with van der Waals surface area (Å²) in [4.78, 5) is 16.6. The maximum atomic E-state index is 10.1. The molecule has 18 heavy (non-hydrogen) atoms. The van der Waals surface area contributed by atoms with Crippen molar-refractivity contribution >= 4 is 5.97 Å². The van der Waals surface area contributed by atoms with E-state index in [1.165, 1.54) is 38.8 Å². The van der Waals surface area contributed by atoms with Gasteiger partial charge < -0.3 is 10.0 Å². The first-order valence-electron chi connectivity index (χ1n) is 6.61. The SMILES string of the molecule is C1CC2CCCN2C1.O=C(O)Cc1ccccn1. The lowest BCUT2D eigenvalue weighted by molar-refractivity contribution is -0.136. The van der Waals surface area contributed by atoms with Gasteiger partial charge in [-0.05, 0) is 50.9 Å². The van der Waals surface area contributed by atoms with Gasteiger partial charge in [0.1, 0.15) is 0 Å². The number of aliphatic carboxylic acids is 1. The van der Waals surface area contributed by atoms with Gasteiger partial charge in [0.25, 0.3) is 0 Å². The van der Waals surface area contributed by atoms with Crippen molar-refractivity contribution in [3.05, 3.63) is 30.1 Å². The second-order valence-corrected chi connectivity index (χ2v) is 4.87. The van der Waals surface area contributed by atoms with Crippen LogP contribution in [0.25, 0.3) is 0 Å². The van der Waals surface area contributed by atoms with E-state index in [4.69, 9.17) is 5.11 Å². The first-order valence-corrected chi connectivity index (χ1v) is 6.61. The van der Waals surface area contributed by atoms with Crippen molar-refractivity contribution in [2.24, 2.45) is 0 Å². The minimum absolute atomic E-state index is 0.000833. The largest absolute Gasteiger partial charge is 0.481 e. The maximum absolute atomic E-state index is 10.1. The third kappa shape index (κ3) is 3.81. The zero-order valence-electron chi connectivity index (χ0n) is 10.6. The molecule has 0 radical (unpaired) electrons. The molecule has 3 heterocycles. The Hall–Kier alpha value is -1.42. The van der Waals surface area contributed by atoms with E-state index in [1.54, 1.807) is 24.4 Å². The molecule has 0 atom stereocenters. The number of carboxylic acids is 1. The summed E-state index contributed by atoms with van der Waals surface area (Å²) in [6, 6.07) is 6.22. The van der Waals surface area contributed by atoms with Crippen LogP contribution in [0.3, 0.4) is 0 Å². The molecular formula is C14H20N2O2. The number of pyridine rings is 1. The van der Waals surface area contributed by atoms with Crippen molar-refractivity contribution in [2.75, 3.05) is 13.1 Å². The van der Waals surface area contributed by atoms with Gasteiger partial charge in [0.15, 0.2) is 0 Å². The molecule has 0 spiro atoms. The van der Waals surface area contributed by atoms with Gasteiger partial charge >= 0.3 is 5.97 Å². The van der Waals surface area contributed by atoms with E-state index >= 15 is 0 Å². The van der Waals surface area contributed by atoms with Gasteiger partial charge in [0, 0.05) is 12.2 Å². The first-order chi connectivity index (χ1) is 8.75. The fourth-order valence-corrected chi connectivity index (χ4v) is 2.70. The van der Waals surface area contributed by atoms with Crippen LogP contribution in [0.1, 0.15) is 31.4 Å². The monoisotopic (exact) mass is 248 g/mol. The number of carbonyl (C=O) groups is 1. The van der Waals surface area contributed by atoms with E-state index in [2.05, 4.69) is 9.88 Å². The summed E-state index contributed by atoms with van der Waals surface area (Å²) >= 11 is 0. The van der Waals surface area contributed by atoms with Crippen LogP contribution in [-0.4, -0.2) is 40.1 Å². The van der Waals surface area contributed by atoms with E-state index in [-0.39, 0.29) is 6.42 Å². The maximum Gasteiger partial charge on any atom is 0.309 e. The second-order valence-electron chi connectivity index (χ2n) is 4.87. The Bertz CT molecular complexity index is 361. The molecule has 1 aromatic rings. The number of hydrogen-bond acceptors (Lipinski definition) is 3. The highest BCUT2D eigenvalue weighted by Crippen LogP contribution is 2.26. The topological polar surface area (TPSA) is 53.4 Å². The number of aromatic nitrogens is 1. The molecular weight excluding hydrogens is 228 g/mol. The molecule has 4 nitrogen and oxygen atoms in total. The van der Waals surface area contributed by atoms with Crippen molar-refractivity contribution in [3.63, 3.8) is 0 Å². The summed E-state index contributed by atoms with van der Waals surface area (Å²) in [6.45, 7) is 2.79. The lowest BCUT2D eigenvalue weighted by atomic mass is 10.2. The van der Waals surface area contributed by atoms with Crippen molar-refractivity contribution in [2.45, 2.75) is 38.1 Å². The summed E-state index contributed by atoms with van der Waals surface area (Å²) in [5.41, 5.74) is 0.593. The summed E-state index contributed by atoms with van der Waals surface area (Å²) in [7, 11) is 0. The van der Waals surface area contributed by atoms with E-state index < -0.39 is 5.97 Å². The average molecular weight is 248 g/mol. The van der Waals surface area contributed by atoms with Gasteiger partial charge in [0.05, 0.1) is 12.1 Å². The van der Waals surface area contributed by atoms with Crippen LogP contribution in [0.15, 0.2) is 24.4 Å². The molecule has 1 aromatic heterocycles. The number of hydrogen-bond donors (Lipinski definition) is 1. The molecule has 0 saturated carbocycles. The van der Waals surface area contributed by atoms with Gasteiger partial charge in [-0.3, -0.25) is 9.78 Å². The zero-order valence-corrected chi connectivity index (χ0v) is 10.6. The highest BCUT2D eigenvalue weighted by molar-refractivity contribution is 5.69. The molecule has 0 amide bonds. The Balaban J connectivity index is 0.000000136. The lowest BCUT2D eigenvalue weighted by Gasteiger charge is -2.11. The molecule has 0 aromatic carbocycles. The van der Waals surface area contributed by atoms with Crippen molar-refractivity contribution in [1.82, 2.24) is 9.88 Å². The predicted molar refractivity (Wildman–Crippen MR) is 69.4 cm³/mol. The lowest BCUT2D eigenvalue weighted by Crippen LogP contribution is -2.21. The Kier molecular flexibility index (Phi) is 4.70. The third-order valence-electron chi connectivity index (χ3n) is 3.54. The zero-order chi connectivity index (χ0) is 12.8. The predicted octanol–water partition coefficient (Wildman–Crippen LogP) is 1.95. The highest BCUT2D eigenvalue weighted by atomic mass is 16.4. The molecule has 98 valence electrons. The normalized spacial score (nSPS) is 19.1. The van der Waals surface area contributed by atoms with Gasteiger partial charge in [-0.2, -0.15) is 0 Å². The van der Waals surface area contributed by atoms with E-state index in [1.807, 2.05) is 0 Å². The summed E-state index contributed by atoms with van der Waals surface area (Å²) in [5, 5.41) is 8.33.